The maximum atomic E-state index is 11.4. The zero-order valence-electron chi connectivity index (χ0n) is 13.9. The molecule has 4 heteroatoms. The Morgan fingerprint density at radius 1 is 1.05 bits per heavy atom. The molecule has 21 heavy (non-hydrogen) atoms. The van der Waals surface area contributed by atoms with E-state index in [1.165, 1.54) is 51.4 Å². The average Bonchev–Trinajstić information content (AvgIpc) is 2.74. The van der Waals surface area contributed by atoms with Crippen molar-refractivity contribution in [3.05, 3.63) is 0 Å². The van der Waals surface area contributed by atoms with Gasteiger partial charge in [-0.05, 0) is 38.0 Å². The van der Waals surface area contributed by atoms with Gasteiger partial charge >= 0.3 is 0 Å². The van der Waals surface area contributed by atoms with Gasteiger partial charge in [-0.2, -0.15) is 0 Å². The number of carbonyl (C=O) groups excluding carboxylic acids is 1. The number of likely N-dealkylation sites (N-methyl/N-ethyl adjacent to an activating group) is 1. The van der Waals surface area contributed by atoms with Crippen LogP contribution >= 0.6 is 0 Å². The Bertz CT molecular complexity index is 313. The monoisotopic (exact) mass is 295 g/mol. The van der Waals surface area contributed by atoms with E-state index >= 15 is 0 Å². The van der Waals surface area contributed by atoms with Gasteiger partial charge in [-0.25, -0.2) is 0 Å². The molecular weight excluding hydrogens is 262 g/mol. The van der Waals surface area contributed by atoms with Crippen LogP contribution in [0.2, 0.25) is 0 Å². The summed E-state index contributed by atoms with van der Waals surface area (Å²) in [4.78, 5) is 13.7. The molecule has 4 nitrogen and oxygen atoms in total. The van der Waals surface area contributed by atoms with Crippen molar-refractivity contribution in [2.24, 2.45) is 5.92 Å². The Morgan fingerprint density at radius 2 is 1.76 bits per heavy atom. The zero-order valence-corrected chi connectivity index (χ0v) is 13.9. The van der Waals surface area contributed by atoms with E-state index < -0.39 is 0 Å². The second-order valence-corrected chi connectivity index (χ2v) is 6.87. The first-order valence-corrected chi connectivity index (χ1v) is 8.90. The number of amides is 1. The van der Waals surface area contributed by atoms with Gasteiger partial charge in [-0.3, -0.25) is 9.69 Å². The molecule has 2 unspecified atom stereocenters. The van der Waals surface area contributed by atoms with Crippen molar-refractivity contribution < 1.29 is 4.79 Å². The molecule has 2 atom stereocenters. The van der Waals surface area contributed by atoms with Gasteiger partial charge in [0.1, 0.15) is 0 Å². The quantitative estimate of drug-likeness (QED) is 0.764. The minimum Gasteiger partial charge on any atom is -0.358 e. The SMILES string of the molecule is CCC1CCCC(NC2CCN(CC(=O)NC)CC2)CC1. The van der Waals surface area contributed by atoms with E-state index in [4.69, 9.17) is 0 Å². The molecule has 0 aromatic heterocycles. The van der Waals surface area contributed by atoms with E-state index in [2.05, 4.69) is 22.5 Å². The molecule has 0 spiro atoms. The number of hydrogen-bond acceptors (Lipinski definition) is 3. The van der Waals surface area contributed by atoms with Crippen molar-refractivity contribution in [2.75, 3.05) is 26.7 Å². The van der Waals surface area contributed by atoms with E-state index in [1.54, 1.807) is 7.05 Å². The van der Waals surface area contributed by atoms with Crippen molar-refractivity contribution >= 4 is 5.91 Å². The molecule has 1 amide bonds. The standard InChI is InChI=1S/C17H33N3O/c1-3-14-5-4-6-15(8-7-14)19-16-9-11-20(12-10-16)13-17(21)18-2/h14-16,19H,3-13H2,1-2H3,(H,18,21). The molecule has 1 aliphatic carbocycles. The summed E-state index contributed by atoms with van der Waals surface area (Å²) in [5, 5.41) is 6.61. The summed E-state index contributed by atoms with van der Waals surface area (Å²) in [6, 6.07) is 1.39. The highest BCUT2D eigenvalue weighted by Crippen LogP contribution is 2.26. The molecule has 0 aromatic carbocycles. The Kier molecular flexibility index (Phi) is 6.97. The molecule has 2 fully saturated rings. The molecular formula is C17H33N3O. The van der Waals surface area contributed by atoms with Gasteiger partial charge in [0.25, 0.3) is 0 Å². The largest absolute Gasteiger partial charge is 0.358 e. The molecule has 2 rings (SSSR count). The van der Waals surface area contributed by atoms with Gasteiger partial charge in [0, 0.05) is 32.2 Å². The fraction of sp³-hybridized carbons (Fsp3) is 0.941. The van der Waals surface area contributed by atoms with Crippen molar-refractivity contribution in [1.82, 2.24) is 15.5 Å². The van der Waals surface area contributed by atoms with Crippen LogP contribution in [0.1, 0.15) is 58.3 Å². The number of nitrogens with zero attached hydrogens (tertiary/aromatic N) is 1. The van der Waals surface area contributed by atoms with E-state index in [0.717, 1.165) is 25.0 Å². The molecule has 2 aliphatic rings. The highest BCUT2D eigenvalue weighted by molar-refractivity contribution is 5.77. The Morgan fingerprint density at radius 3 is 2.43 bits per heavy atom. The van der Waals surface area contributed by atoms with Crippen LogP contribution in [0.25, 0.3) is 0 Å². The van der Waals surface area contributed by atoms with Crippen LogP contribution < -0.4 is 10.6 Å². The number of rotatable bonds is 5. The van der Waals surface area contributed by atoms with Crippen molar-refractivity contribution in [2.45, 2.75) is 70.4 Å². The maximum absolute atomic E-state index is 11.4. The maximum Gasteiger partial charge on any atom is 0.233 e. The zero-order chi connectivity index (χ0) is 15.1. The van der Waals surface area contributed by atoms with E-state index in [0.29, 0.717) is 12.6 Å². The van der Waals surface area contributed by atoms with Gasteiger partial charge in [0.2, 0.25) is 5.91 Å². The predicted octanol–water partition coefficient (Wildman–Crippen LogP) is 2.15. The number of likely N-dealkylation sites (tertiary alicyclic amines) is 1. The van der Waals surface area contributed by atoms with Crippen LogP contribution in [0.3, 0.4) is 0 Å². The highest BCUT2D eigenvalue weighted by Gasteiger charge is 2.24. The Balaban J connectivity index is 1.67. The van der Waals surface area contributed by atoms with Gasteiger partial charge < -0.3 is 10.6 Å². The number of hydrogen-bond donors (Lipinski definition) is 2. The predicted molar refractivity (Wildman–Crippen MR) is 87.3 cm³/mol. The number of nitrogens with one attached hydrogen (secondary N) is 2. The lowest BCUT2D eigenvalue weighted by molar-refractivity contribution is -0.122. The summed E-state index contributed by atoms with van der Waals surface area (Å²) in [6.07, 6.45) is 10.7. The van der Waals surface area contributed by atoms with Crippen LogP contribution in [0.15, 0.2) is 0 Å². The number of piperidine rings is 1. The molecule has 122 valence electrons. The van der Waals surface area contributed by atoms with Crippen molar-refractivity contribution in [3.63, 3.8) is 0 Å². The third-order valence-corrected chi connectivity index (χ3v) is 5.37. The van der Waals surface area contributed by atoms with Crippen molar-refractivity contribution in [3.8, 4) is 0 Å². The van der Waals surface area contributed by atoms with Gasteiger partial charge in [0.15, 0.2) is 0 Å². The normalized spacial score (nSPS) is 29.0. The molecule has 1 heterocycles. The lowest BCUT2D eigenvalue weighted by Gasteiger charge is -2.34. The Labute approximate surface area is 130 Å². The summed E-state index contributed by atoms with van der Waals surface area (Å²) in [6.45, 7) is 5.00. The van der Waals surface area contributed by atoms with Crippen LogP contribution in [0.4, 0.5) is 0 Å². The van der Waals surface area contributed by atoms with Crippen LogP contribution in [-0.4, -0.2) is 49.6 Å². The first-order chi connectivity index (χ1) is 10.2. The fourth-order valence-electron chi connectivity index (χ4n) is 3.83. The number of carbonyl (C=O) groups is 1. The summed E-state index contributed by atoms with van der Waals surface area (Å²) < 4.78 is 0. The van der Waals surface area contributed by atoms with Crippen LogP contribution in [-0.2, 0) is 4.79 Å². The lowest BCUT2D eigenvalue weighted by atomic mass is 9.97. The lowest BCUT2D eigenvalue weighted by Crippen LogP contribution is -2.48. The summed E-state index contributed by atoms with van der Waals surface area (Å²) in [5.41, 5.74) is 0. The van der Waals surface area contributed by atoms with E-state index in [9.17, 15) is 4.79 Å². The van der Waals surface area contributed by atoms with Crippen LogP contribution in [0, 0.1) is 5.92 Å². The molecule has 0 radical (unpaired) electrons. The van der Waals surface area contributed by atoms with Gasteiger partial charge in [-0.1, -0.05) is 26.2 Å². The summed E-state index contributed by atoms with van der Waals surface area (Å²) in [7, 11) is 1.71. The third-order valence-electron chi connectivity index (χ3n) is 5.37. The molecule has 2 N–H and O–H groups in total. The molecule has 1 saturated carbocycles. The third kappa shape index (κ3) is 5.59. The van der Waals surface area contributed by atoms with Crippen LogP contribution in [0.5, 0.6) is 0 Å². The first kappa shape index (κ1) is 16.8. The summed E-state index contributed by atoms with van der Waals surface area (Å²) in [5.74, 6) is 1.10. The minimum absolute atomic E-state index is 0.135. The van der Waals surface area contributed by atoms with E-state index in [1.807, 2.05) is 0 Å². The van der Waals surface area contributed by atoms with E-state index in [-0.39, 0.29) is 5.91 Å². The molecule has 1 saturated heterocycles. The fourth-order valence-corrected chi connectivity index (χ4v) is 3.83. The molecule has 0 aromatic rings. The average molecular weight is 295 g/mol. The Hall–Kier alpha value is -0.610. The smallest absolute Gasteiger partial charge is 0.233 e. The summed E-state index contributed by atoms with van der Waals surface area (Å²) >= 11 is 0. The van der Waals surface area contributed by atoms with Gasteiger partial charge in [0.05, 0.1) is 6.54 Å². The van der Waals surface area contributed by atoms with Crippen molar-refractivity contribution in [1.29, 1.82) is 0 Å². The first-order valence-electron chi connectivity index (χ1n) is 8.90. The highest BCUT2D eigenvalue weighted by atomic mass is 16.1. The second kappa shape index (κ2) is 8.74. The molecule has 0 bridgehead atoms. The minimum atomic E-state index is 0.135. The topological polar surface area (TPSA) is 44.4 Å². The van der Waals surface area contributed by atoms with Gasteiger partial charge in [-0.15, -0.1) is 0 Å². The second-order valence-electron chi connectivity index (χ2n) is 6.87. The molecule has 1 aliphatic heterocycles.